The van der Waals surface area contributed by atoms with E-state index in [1.54, 1.807) is 12.1 Å². The highest BCUT2D eigenvalue weighted by Gasteiger charge is 2.10. The van der Waals surface area contributed by atoms with E-state index in [1.165, 1.54) is 40.9 Å². The average molecular weight is 299 g/mol. The zero-order chi connectivity index (χ0) is 13.1. The van der Waals surface area contributed by atoms with Crippen LogP contribution in [0.3, 0.4) is 0 Å². The second kappa shape index (κ2) is 5.59. The summed E-state index contributed by atoms with van der Waals surface area (Å²) in [6, 6.07) is 4.84. The van der Waals surface area contributed by atoms with Crippen molar-refractivity contribution in [2.45, 2.75) is 13.6 Å². The molecule has 1 aromatic heterocycles. The minimum absolute atomic E-state index is 0.112. The molecule has 3 N–H and O–H groups in total. The molecule has 0 spiro atoms. The minimum Gasteiger partial charge on any atom is -0.478 e. The van der Waals surface area contributed by atoms with Crippen molar-refractivity contribution in [1.29, 1.82) is 0 Å². The van der Waals surface area contributed by atoms with E-state index < -0.39 is 5.97 Å². The van der Waals surface area contributed by atoms with E-state index in [0.717, 1.165) is 13.6 Å². The van der Waals surface area contributed by atoms with E-state index >= 15 is 0 Å². The number of aromatic carboxylic acids is 1. The van der Waals surface area contributed by atoms with Gasteiger partial charge in [-0.1, -0.05) is 34.9 Å². The van der Waals surface area contributed by atoms with Gasteiger partial charge in [0.15, 0.2) is 8.68 Å². The minimum atomic E-state index is -1.02. The number of carboxylic acids is 1. The van der Waals surface area contributed by atoms with Gasteiger partial charge >= 0.3 is 5.97 Å². The van der Waals surface area contributed by atoms with E-state index in [-0.39, 0.29) is 11.3 Å². The number of rotatable bonds is 4. The van der Waals surface area contributed by atoms with Crippen molar-refractivity contribution >= 4 is 46.5 Å². The molecule has 1 aromatic carbocycles. The summed E-state index contributed by atoms with van der Waals surface area (Å²) in [5.41, 5.74) is 6.04. The highest BCUT2D eigenvalue weighted by atomic mass is 32.2. The first-order chi connectivity index (χ1) is 8.60. The van der Waals surface area contributed by atoms with Gasteiger partial charge in [0.1, 0.15) is 0 Å². The fourth-order valence-electron chi connectivity index (χ4n) is 1.22. The summed E-state index contributed by atoms with van der Waals surface area (Å²) in [5.74, 6) is -1.02. The Morgan fingerprint density at radius 1 is 1.39 bits per heavy atom. The number of carboxylic acid groups (broad SMARTS) is 1. The van der Waals surface area contributed by atoms with Crippen molar-refractivity contribution in [2.24, 2.45) is 0 Å². The van der Waals surface area contributed by atoms with Crippen LogP contribution in [0.15, 0.2) is 31.8 Å². The van der Waals surface area contributed by atoms with Gasteiger partial charge in [0.25, 0.3) is 0 Å². The number of nitrogens with zero attached hydrogens (tertiary/aromatic N) is 2. The number of aromatic nitrogens is 2. The average Bonchev–Trinajstić information content (AvgIpc) is 2.76. The zero-order valence-corrected chi connectivity index (χ0v) is 11.7. The smallest absolute Gasteiger partial charge is 0.337 e. The van der Waals surface area contributed by atoms with Gasteiger partial charge in [-0.05, 0) is 24.5 Å². The molecule has 5 nitrogen and oxygen atoms in total. The largest absolute Gasteiger partial charge is 0.478 e. The number of carbonyl (C=O) groups is 1. The molecule has 0 aliphatic carbocycles. The van der Waals surface area contributed by atoms with Crippen molar-refractivity contribution in [3.05, 3.63) is 23.8 Å². The summed E-state index contributed by atoms with van der Waals surface area (Å²) in [6.45, 7) is 0. The first-order valence-electron chi connectivity index (χ1n) is 4.78. The molecular formula is C10H9N3O2S3. The maximum atomic E-state index is 10.8. The predicted octanol–water partition coefficient (Wildman–Crippen LogP) is 2.69. The van der Waals surface area contributed by atoms with Crippen LogP contribution in [0.1, 0.15) is 10.4 Å². The molecule has 0 atom stereocenters. The highest BCUT2D eigenvalue weighted by Crippen LogP contribution is 2.34. The maximum absolute atomic E-state index is 10.8. The van der Waals surface area contributed by atoms with Crippen LogP contribution in [-0.4, -0.2) is 27.5 Å². The van der Waals surface area contributed by atoms with Crippen LogP contribution >= 0.6 is 34.9 Å². The number of hydrogen-bond acceptors (Lipinski definition) is 7. The number of thioether (sulfide) groups is 1. The molecule has 2 aromatic rings. The van der Waals surface area contributed by atoms with Gasteiger partial charge in [-0.25, -0.2) is 4.79 Å². The Morgan fingerprint density at radius 2 is 2.11 bits per heavy atom. The molecule has 0 aliphatic rings. The van der Waals surface area contributed by atoms with Crippen molar-refractivity contribution in [3.63, 3.8) is 0 Å². The Hall–Kier alpha value is -1.25. The monoisotopic (exact) mass is 299 g/mol. The number of anilines is 1. The van der Waals surface area contributed by atoms with Gasteiger partial charge in [0.05, 0.1) is 5.56 Å². The van der Waals surface area contributed by atoms with E-state index in [2.05, 4.69) is 10.2 Å². The summed E-state index contributed by atoms with van der Waals surface area (Å²) >= 11 is 4.45. The van der Waals surface area contributed by atoms with Gasteiger partial charge in [-0.3, -0.25) is 0 Å². The molecule has 0 fully saturated rings. The fourth-order valence-corrected chi connectivity index (χ4v) is 3.68. The van der Waals surface area contributed by atoms with Gasteiger partial charge in [0, 0.05) is 10.6 Å². The van der Waals surface area contributed by atoms with Gasteiger partial charge in [-0.15, -0.1) is 10.2 Å². The van der Waals surface area contributed by atoms with E-state index in [9.17, 15) is 4.79 Å². The second-order valence-corrected chi connectivity index (χ2v) is 6.55. The third-order valence-corrected chi connectivity index (χ3v) is 4.96. The summed E-state index contributed by atoms with van der Waals surface area (Å²) in [6.07, 6.45) is 1.94. The fraction of sp³-hybridized carbons (Fsp3) is 0.100. The SMILES string of the molecule is CSc1nnc(Sc2ccc(C(=O)O)c(N)c2)s1. The molecule has 94 valence electrons. The van der Waals surface area contributed by atoms with E-state index in [4.69, 9.17) is 10.8 Å². The summed E-state index contributed by atoms with van der Waals surface area (Å²) < 4.78 is 1.70. The van der Waals surface area contributed by atoms with Crippen LogP contribution in [0.2, 0.25) is 0 Å². The summed E-state index contributed by atoms with van der Waals surface area (Å²) in [5, 5.41) is 16.9. The van der Waals surface area contributed by atoms with Crippen molar-refractivity contribution in [1.82, 2.24) is 10.2 Å². The van der Waals surface area contributed by atoms with Gasteiger partial charge in [0.2, 0.25) is 0 Å². The quantitative estimate of drug-likeness (QED) is 0.662. The lowest BCUT2D eigenvalue weighted by atomic mass is 10.2. The molecule has 8 heteroatoms. The zero-order valence-electron chi connectivity index (χ0n) is 9.28. The molecule has 0 saturated carbocycles. The first kappa shape index (κ1) is 13.2. The molecule has 18 heavy (non-hydrogen) atoms. The van der Waals surface area contributed by atoms with E-state index in [0.29, 0.717) is 0 Å². The highest BCUT2D eigenvalue weighted by molar-refractivity contribution is 8.03. The normalized spacial score (nSPS) is 10.5. The van der Waals surface area contributed by atoms with Crippen LogP contribution in [0.5, 0.6) is 0 Å². The Morgan fingerprint density at radius 3 is 2.67 bits per heavy atom. The second-order valence-electron chi connectivity index (χ2n) is 3.19. The third-order valence-electron chi connectivity index (χ3n) is 2.02. The van der Waals surface area contributed by atoms with Crippen molar-refractivity contribution < 1.29 is 9.90 Å². The maximum Gasteiger partial charge on any atom is 0.337 e. The molecular weight excluding hydrogens is 290 g/mol. The summed E-state index contributed by atoms with van der Waals surface area (Å²) in [4.78, 5) is 11.7. The van der Waals surface area contributed by atoms with Crippen LogP contribution in [0.4, 0.5) is 5.69 Å². The molecule has 2 rings (SSSR count). The predicted molar refractivity (Wildman–Crippen MR) is 73.6 cm³/mol. The molecule has 0 radical (unpaired) electrons. The topological polar surface area (TPSA) is 89.1 Å². The van der Waals surface area contributed by atoms with Crippen LogP contribution in [0, 0.1) is 0 Å². The molecule has 1 heterocycles. The number of nitrogen functional groups attached to an aromatic ring is 1. The van der Waals surface area contributed by atoms with Gasteiger partial charge < -0.3 is 10.8 Å². The molecule has 0 bridgehead atoms. The standard InChI is InChI=1S/C10H9N3O2S3/c1-16-9-12-13-10(18-9)17-5-2-3-6(8(14)15)7(11)4-5/h2-4H,11H2,1H3,(H,14,15). The van der Waals surface area contributed by atoms with Gasteiger partial charge in [-0.2, -0.15) is 0 Å². The van der Waals surface area contributed by atoms with Crippen molar-refractivity contribution in [2.75, 3.05) is 12.0 Å². The van der Waals surface area contributed by atoms with Crippen molar-refractivity contribution in [3.8, 4) is 0 Å². The Kier molecular flexibility index (Phi) is 4.10. The van der Waals surface area contributed by atoms with Crippen LogP contribution in [-0.2, 0) is 0 Å². The lowest BCUT2D eigenvalue weighted by Crippen LogP contribution is -2.01. The van der Waals surface area contributed by atoms with Crippen LogP contribution in [0.25, 0.3) is 0 Å². The lowest BCUT2D eigenvalue weighted by Gasteiger charge is -2.02. The molecule has 0 amide bonds. The van der Waals surface area contributed by atoms with Crippen LogP contribution < -0.4 is 5.73 Å². The third kappa shape index (κ3) is 2.95. The number of benzene rings is 1. The number of nitrogens with two attached hydrogens (primary N) is 1. The molecule has 0 saturated heterocycles. The van der Waals surface area contributed by atoms with E-state index in [1.807, 2.05) is 6.26 Å². The molecule has 0 unspecified atom stereocenters. The Balaban J connectivity index is 2.19. The summed E-state index contributed by atoms with van der Waals surface area (Å²) in [7, 11) is 0. The lowest BCUT2D eigenvalue weighted by molar-refractivity contribution is 0.0698. The Labute approximate surface area is 116 Å². The number of hydrogen-bond donors (Lipinski definition) is 2. The Bertz CT molecular complexity index is 585. The first-order valence-corrected chi connectivity index (χ1v) is 7.64. The molecule has 0 aliphatic heterocycles.